The topological polar surface area (TPSA) is 96.5 Å². The molecule has 2 aromatic rings. The van der Waals surface area contributed by atoms with E-state index in [1.807, 2.05) is 0 Å². The number of phenolic OH excluding ortho intramolecular Hbond substituents is 1. The van der Waals surface area contributed by atoms with Crippen LogP contribution in [0, 0.1) is 0 Å². The average Bonchev–Trinajstić information content (AvgIpc) is 2.64. The Bertz CT molecular complexity index is 677. The Balaban J connectivity index is 2.14. The van der Waals surface area contributed by atoms with E-state index in [0.717, 1.165) is 4.90 Å². The van der Waals surface area contributed by atoms with Crippen LogP contribution in [0.2, 0.25) is 0 Å². The van der Waals surface area contributed by atoms with Gasteiger partial charge in [-0.25, -0.2) is 4.90 Å². The predicted octanol–water partition coefficient (Wildman–Crippen LogP) is 1.17. The SMILES string of the molecule is Nc1cc(O)ccc1N1C(=O)c2ccncc2C1=O. The summed E-state index contributed by atoms with van der Waals surface area (Å²) in [4.78, 5) is 29.2. The van der Waals surface area contributed by atoms with Crippen LogP contribution in [0.25, 0.3) is 0 Å². The molecule has 94 valence electrons. The molecule has 19 heavy (non-hydrogen) atoms. The molecule has 0 unspecified atom stereocenters. The Morgan fingerprint density at radius 1 is 1.11 bits per heavy atom. The molecule has 2 heterocycles. The van der Waals surface area contributed by atoms with Crippen molar-refractivity contribution in [2.24, 2.45) is 0 Å². The van der Waals surface area contributed by atoms with Gasteiger partial charge in [0.15, 0.2) is 0 Å². The summed E-state index contributed by atoms with van der Waals surface area (Å²) in [6.45, 7) is 0. The van der Waals surface area contributed by atoms with E-state index in [1.54, 1.807) is 0 Å². The number of nitrogen functional groups attached to an aromatic ring is 1. The molecule has 0 bridgehead atoms. The van der Waals surface area contributed by atoms with Crippen LogP contribution in [0.15, 0.2) is 36.7 Å². The lowest BCUT2D eigenvalue weighted by atomic mass is 10.2. The van der Waals surface area contributed by atoms with E-state index in [4.69, 9.17) is 5.73 Å². The van der Waals surface area contributed by atoms with Gasteiger partial charge in [-0.2, -0.15) is 0 Å². The quantitative estimate of drug-likeness (QED) is 0.589. The van der Waals surface area contributed by atoms with Crippen molar-refractivity contribution in [2.75, 3.05) is 10.6 Å². The maximum Gasteiger partial charge on any atom is 0.267 e. The first-order valence-electron chi connectivity index (χ1n) is 5.51. The summed E-state index contributed by atoms with van der Waals surface area (Å²) in [5.74, 6) is -0.940. The zero-order valence-corrected chi connectivity index (χ0v) is 9.70. The van der Waals surface area contributed by atoms with Gasteiger partial charge >= 0.3 is 0 Å². The highest BCUT2D eigenvalue weighted by atomic mass is 16.3. The molecule has 0 atom stereocenters. The first-order valence-corrected chi connectivity index (χ1v) is 5.51. The highest BCUT2D eigenvalue weighted by Gasteiger charge is 2.37. The largest absolute Gasteiger partial charge is 0.508 e. The summed E-state index contributed by atoms with van der Waals surface area (Å²) in [6.07, 6.45) is 2.81. The number of fused-ring (bicyclic) bond motifs is 1. The summed E-state index contributed by atoms with van der Waals surface area (Å²) in [6, 6.07) is 5.58. The Morgan fingerprint density at radius 3 is 2.53 bits per heavy atom. The van der Waals surface area contributed by atoms with Crippen LogP contribution in [0.1, 0.15) is 20.7 Å². The van der Waals surface area contributed by atoms with Crippen LogP contribution < -0.4 is 10.6 Å². The summed E-state index contributed by atoms with van der Waals surface area (Å²) < 4.78 is 0. The Morgan fingerprint density at radius 2 is 1.84 bits per heavy atom. The third-order valence-electron chi connectivity index (χ3n) is 2.94. The van der Waals surface area contributed by atoms with E-state index in [2.05, 4.69) is 4.98 Å². The minimum absolute atomic E-state index is 0.0282. The predicted molar refractivity (Wildman–Crippen MR) is 67.9 cm³/mol. The number of amides is 2. The second-order valence-electron chi connectivity index (χ2n) is 4.11. The molecule has 1 aromatic carbocycles. The van der Waals surface area contributed by atoms with Crippen LogP contribution in [-0.2, 0) is 0 Å². The lowest BCUT2D eigenvalue weighted by Crippen LogP contribution is -2.30. The monoisotopic (exact) mass is 255 g/mol. The highest BCUT2D eigenvalue weighted by molar-refractivity contribution is 6.35. The molecule has 1 aliphatic heterocycles. The van der Waals surface area contributed by atoms with Crippen LogP contribution in [0.5, 0.6) is 5.75 Å². The number of nitrogens with two attached hydrogens (primary N) is 1. The molecular formula is C13H9N3O3. The van der Waals surface area contributed by atoms with E-state index in [1.165, 1.54) is 36.7 Å². The van der Waals surface area contributed by atoms with Gasteiger partial charge in [0, 0.05) is 18.5 Å². The van der Waals surface area contributed by atoms with Gasteiger partial charge < -0.3 is 10.8 Å². The smallest absolute Gasteiger partial charge is 0.267 e. The first-order chi connectivity index (χ1) is 9.09. The van der Waals surface area contributed by atoms with Gasteiger partial charge in [-0.3, -0.25) is 14.6 Å². The van der Waals surface area contributed by atoms with E-state index >= 15 is 0 Å². The van der Waals surface area contributed by atoms with Crippen LogP contribution in [0.4, 0.5) is 11.4 Å². The van der Waals surface area contributed by atoms with Crippen molar-refractivity contribution in [3.8, 4) is 5.75 Å². The van der Waals surface area contributed by atoms with Gasteiger partial charge in [-0.05, 0) is 18.2 Å². The maximum atomic E-state index is 12.2. The molecule has 6 heteroatoms. The number of pyridine rings is 1. The van der Waals surface area contributed by atoms with Crippen LogP contribution in [0.3, 0.4) is 0 Å². The van der Waals surface area contributed by atoms with E-state index in [9.17, 15) is 14.7 Å². The fourth-order valence-corrected chi connectivity index (χ4v) is 2.05. The van der Waals surface area contributed by atoms with E-state index in [0.29, 0.717) is 5.56 Å². The Hall–Kier alpha value is -2.89. The molecule has 0 aliphatic carbocycles. The number of carbonyl (C=O) groups is 2. The van der Waals surface area contributed by atoms with Gasteiger partial charge in [-0.1, -0.05) is 0 Å². The number of aromatic nitrogens is 1. The molecule has 0 fully saturated rings. The molecule has 1 aromatic heterocycles. The molecule has 3 rings (SSSR count). The first kappa shape index (κ1) is 11.2. The fourth-order valence-electron chi connectivity index (χ4n) is 2.05. The maximum absolute atomic E-state index is 12.2. The number of carbonyl (C=O) groups excluding carboxylic acids is 2. The molecule has 0 saturated carbocycles. The number of phenols is 1. The lowest BCUT2D eigenvalue weighted by Gasteiger charge is -2.16. The number of imide groups is 1. The molecule has 0 radical (unpaired) electrons. The molecule has 0 saturated heterocycles. The number of hydrogen-bond acceptors (Lipinski definition) is 5. The molecule has 0 spiro atoms. The Kier molecular flexibility index (Phi) is 2.25. The van der Waals surface area contributed by atoms with Crippen molar-refractivity contribution in [1.29, 1.82) is 0 Å². The number of nitrogens with zero attached hydrogens (tertiary/aromatic N) is 2. The number of aromatic hydroxyl groups is 1. The van der Waals surface area contributed by atoms with Crippen LogP contribution in [-0.4, -0.2) is 21.9 Å². The van der Waals surface area contributed by atoms with Crippen molar-refractivity contribution in [1.82, 2.24) is 4.98 Å². The molecule has 1 aliphatic rings. The van der Waals surface area contributed by atoms with Crippen molar-refractivity contribution in [3.63, 3.8) is 0 Å². The fraction of sp³-hybridized carbons (Fsp3) is 0. The second kappa shape index (κ2) is 3.81. The van der Waals surface area contributed by atoms with E-state index in [-0.39, 0.29) is 22.7 Å². The summed E-state index contributed by atoms with van der Waals surface area (Å²) >= 11 is 0. The van der Waals surface area contributed by atoms with Gasteiger partial charge in [-0.15, -0.1) is 0 Å². The summed E-state index contributed by atoms with van der Waals surface area (Å²) in [7, 11) is 0. The standard InChI is InChI=1S/C13H9N3O3/c14-10-5-7(17)1-2-11(10)16-12(18)8-3-4-15-6-9(8)13(16)19/h1-6,17H,14H2. The summed E-state index contributed by atoms with van der Waals surface area (Å²) in [5, 5.41) is 9.31. The van der Waals surface area contributed by atoms with Gasteiger partial charge in [0.2, 0.25) is 0 Å². The lowest BCUT2D eigenvalue weighted by molar-refractivity contribution is 0.0926. The van der Waals surface area contributed by atoms with Crippen molar-refractivity contribution >= 4 is 23.2 Å². The number of benzene rings is 1. The molecule has 2 amide bonds. The van der Waals surface area contributed by atoms with Crippen molar-refractivity contribution in [3.05, 3.63) is 47.8 Å². The minimum atomic E-state index is -0.467. The third-order valence-corrected chi connectivity index (χ3v) is 2.94. The molecule has 6 nitrogen and oxygen atoms in total. The van der Waals surface area contributed by atoms with Gasteiger partial charge in [0.05, 0.1) is 22.5 Å². The molecular weight excluding hydrogens is 246 g/mol. The van der Waals surface area contributed by atoms with Gasteiger partial charge in [0.25, 0.3) is 11.8 Å². The zero-order valence-electron chi connectivity index (χ0n) is 9.70. The summed E-state index contributed by atoms with van der Waals surface area (Å²) in [5.41, 5.74) is 6.70. The number of rotatable bonds is 1. The van der Waals surface area contributed by atoms with Crippen molar-refractivity contribution in [2.45, 2.75) is 0 Å². The highest BCUT2D eigenvalue weighted by Crippen LogP contribution is 2.33. The minimum Gasteiger partial charge on any atom is -0.508 e. The second-order valence-corrected chi connectivity index (χ2v) is 4.11. The third kappa shape index (κ3) is 1.54. The normalized spacial score (nSPS) is 13.8. The van der Waals surface area contributed by atoms with Gasteiger partial charge in [0.1, 0.15) is 5.75 Å². The van der Waals surface area contributed by atoms with Crippen LogP contribution >= 0.6 is 0 Å². The van der Waals surface area contributed by atoms with E-state index < -0.39 is 11.8 Å². The Labute approximate surface area is 108 Å². The van der Waals surface area contributed by atoms with Crippen molar-refractivity contribution < 1.29 is 14.7 Å². The average molecular weight is 255 g/mol. The number of hydrogen-bond donors (Lipinski definition) is 2. The molecule has 3 N–H and O–H groups in total. The number of anilines is 2. The zero-order chi connectivity index (χ0) is 13.6.